The summed E-state index contributed by atoms with van der Waals surface area (Å²) in [6.07, 6.45) is 0. The van der Waals surface area contributed by atoms with E-state index in [1.807, 2.05) is 18.2 Å². The summed E-state index contributed by atoms with van der Waals surface area (Å²) in [5, 5.41) is 0. The highest BCUT2D eigenvalue weighted by Gasteiger charge is 2.17. The Labute approximate surface area is 104 Å². The first-order chi connectivity index (χ1) is 6.86. The first kappa shape index (κ1) is 12.7. The number of ketones is 1. The Bertz CT molecular complexity index is 380. The van der Waals surface area contributed by atoms with Crippen LogP contribution in [-0.4, -0.2) is 11.7 Å². The quantitative estimate of drug-likeness (QED) is 0.590. The number of hydrogen-bond acceptors (Lipinski definition) is 1. The third-order valence-corrected chi connectivity index (χ3v) is 3.19. The van der Waals surface area contributed by atoms with E-state index in [9.17, 15) is 4.79 Å². The van der Waals surface area contributed by atoms with Gasteiger partial charge in [0.1, 0.15) is 0 Å². The van der Waals surface area contributed by atoms with Crippen LogP contribution in [0.15, 0.2) is 22.7 Å². The van der Waals surface area contributed by atoms with Gasteiger partial charge in [0.15, 0.2) is 5.78 Å². The summed E-state index contributed by atoms with van der Waals surface area (Å²) in [6, 6.07) is 5.84. The predicted octanol–water partition coefficient (Wildman–Crippen LogP) is 4.17. The van der Waals surface area contributed by atoms with Gasteiger partial charge in [-0.2, -0.15) is 0 Å². The molecule has 0 aliphatic heterocycles. The minimum absolute atomic E-state index is 0.0200. The molecule has 0 saturated heterocycles. The summed E-state index contributed by atoms with van der Waals surface area (Å²) in [5.41, 5.74) is 1.85. The summed E-state index contributed by atoms with van der Waals surface area (Å²) in [7, 11) is 0. The molecule has 0 amide bonds. The molecule has 1 aromatic carbocycles. The van der Waals surface area contributed by atoms with Gasteiger partial charge in [-0.25, -0.2) is 0 Å². The number of carbonyl (C=O) groups is 1. The van der Waals surface area contributed by atoms with E-state index in [1.165, 1.54) is 0 Å². The number of halogens is 2. The Morgan fingerprint density at radius 2 is 2.00 bits per heavy atom. The lowest BCUT2D eigenvalue weighted by atomic mass is 9.86. The van der Waals surface area contributed by atoms with Crippen LogP contribution in [0, 0.1) is 0 Å². The summed E-state index contributed by atoms with van der Waals surface area (Å²) in [4.78, 5) is 11.6. The molecule has 0 spiro atoms. The van der Waals surface area contributed by atoms with Crippen molar-refractivity contribution in [3.63, 3.8) is 0 Å². The second-order valence-electron chi connectivity index (χ2n) is 4.50. The number of carbonyl (C=O) groups excluding carboxylic acids is 1. The highest BCUT2D eigenvalue weighted by molar-refractivity contribution is 9.10. The van der Waals surface area contributed by atoms with Crippen LogP contribution in [0.5, 0.6) is 0 Å². The molecule has 0 bridgehead atoms. The van der Waals surface area contributed by atoms with Crippen molar-refractivity contribution in [1.29, 1.82) is 0 Å². The monoisotopic (exact) mass is 288 g/mol. The van der Waals surface area contributed by atoms with Gasteiger partial charge in [-0.1, -0.05) is 42.8 Å². The Morgan fingerprint density at radius 3 is 2.47 bits per heavy atom. The van der Waals surface area contributed by atoms with Crippen LogP contribution in [0.3, 0.4) is 0 Å². The Kier molecular flexibility index (Phi) is 3.96. The van der Waals surface area contributed by atoms with Crippen LogP contribution in [-0.2, 0) is 5.41 Å². The lowest BCUT2D eigenvalue weighted by Crippen LogP contribution is -2.13. The zero-order valence-electron chi connectivity index (χ0n) is 9.10. The number of hydrogen-bond donors (Lipinski definition) is 0. The smallest absolute Gasteiger partial charge is 0.178 e. The fraction of sp³-hybridized carbons (Fsp3) is 0.417. The van der Waals surface area contributed by atoms with E-state index in [0.717, 1.165) is 10.0 Å². The van der Waals surface area contributed by atoms with Crippen molar-refractivity contribution in [1.82, 2.24) is 0 Å². The molecular weight excluding hydrogens is 275 g/mol. The summed E-state index contributed by atoms with van der Waals surface area (Å²) >= 11 is 8.91. The van der Waals surface area contributed by atoms with Crippen LogP contribution in [0.1, 0.15) is 36.7 Å². The van der Waals surface area contributed by atoms with Gasteiger partial charge < -0.3 is 0 Å². The minimum atomic E-state index is -0.0466. The first-order valence-corrected chi connectivity index (χ1v) is 6.08. The van der Waals surface area contributed by atoms with Crippen LogP contribution < -0.4 is 0 Å². The zero-order chi connectivity index (χ0) is 11.6. The van der Waals surface area contributed by atoms with E-state index < -0.39 is 0 Å². The van der Waals surface area contributed by atoms with Crippen molar-refractivity contribution in [2.24, 2.45) is 0 Å². The maximum absolute atomic E-state index is 11.6. The van der Waals surface area contributed by atoms with Gasteiger partial charge in [0.25, 0.3) is 0 Å². The fourth-order valence-corrected chi connectivity index (χ4v) is 1.89. The molecule has 15 heavy (non-hydrogen) atoms. The lowest BCUT2D eigenvalue weighted by Gasteiger charge is -2.20. The molecule has 1 rings (SSSR count). The van der Waals surface area contributed by atoms with Crippen molar-refractivity contribution in [2.45, 2.75) is 26.2 Å². The molecule has 0 saturated carbocycles. The van der Waals surface area contributed by atoms with Gasteiger partial charge in [0.05, 0.1) is 5.88 Å². The highest BCUT2D eigenvalue weighted by atomic mass is 79.9. The molecule has 1 aromatic rings. The van der Waals surface area contributed by atoms with E-state index in [2.05, 4.69) is 36.7 Å². The van der Waals surface area contributed by atoms with Crippen molar-refractivity contribution < 1.29 is 4.79 Å². The summed E-state index contributed by atoms with van der Waals surface area (Å²) < 4.78 is 0.807. The first-order valence-electron chi connectivity index (χ1n) is 4.75. The van der Waals surface area contributed by atoms with E-state index in [0.29, 0.717) is 5.56 Å². The Hall–Kier alpha value is -0.340. The largest absolute Gasteiger partial charge is 0.293 e. The summed E-state index contributed by atoms with van der Waals surface area (Å²) in [6.45, 7) is 6.35. The van der Waals surface area contributed by atoms with E-state index in [1.54, 1.807) is 0 Å². The molecule has 0 radical (unpaired) electrons. The lowest BCUT2D eigenvalue weighted by molar-refractivity contribution is 0.102. The van der Waals surface area contributed by atoms with Crippen LogP contribution in [0.25, 0.3) is 0 Å². The Morgan fingerprint density at radius 1 is 1.40 bits per heavy atom. The third-order valence-electron chi connectivity index (χ3n) is 2.25. The molecule has 0 aliphatic rings. The minimum Gasteiger partial charge on any atom is -0.293 e. The number of alkyl halides is 1. The molecule has 0 fully saturated rings. The molecule has 3 heteroatoms. The SMILES string of the molecule is CC(C)(C)c1ccc(Br)c(C(=O)CCl)c1. The predicted molar refractivity (Wildman–Crippen MR) is 67.9 cm³/mol. The van der Waals surface area contributed by atoms with Crippen molar-refractivity contribution in [2.75, 3.05) is 5.88 Å². The molecule has 0 heterocycles. The maximum Gasteiger partial charge on any atom is 0.178 e. The van der Waals surface area contributed by atoms with E-state index in [4.69, 9.17) is 11.6 Å². The fourth-order valence-electron chi connectivity index (χ4n) is 1.28. The zero-order valence-corrected chi connectivity index (χ0v) is 11.4. The maximum atomic E-state index is 11.6. The average molecular weight is 290 g/mol. The molecule has 0 unspecified atom stereocenters. The van der Waals surface area contributed by atoms with Crippen LogP contribution in [0.2, 0.25) is 0 Å². The van der Waals surface area contributed by atoms with Crippen LogP contribution in [0.4, 0.5) is 0 Å². The molecule has 0 atom stereocenters. The molecule has 0 aromatic heterocycles. The standard InChI is InChI=1S/C12H14BrClO/c1-12(2,3)8-4-5-10(13)9(6-8)11(15)7-14/h4-6H,7H2,1-3H3. The van der Waals surface area contributed by atoms with Gasteiger partial charge in [-0.3, -0.25) is 4.79 Å². The van der Waals surface area contributed by atoms with Crippen molar-refractivity contribution in [3.05, 3.63) is 33.8 Å². The van der Waals surface area contributed by atoms with Gasteiger partial charge >= 0.3 is 0 Å². The second-order valence-corrected chi connectivity index (χ2v) is 5.62. The molecule has 0 aliphatic carbocycles. The van der Waals surface area contributed by atoms with E-state index >= 15 is 0 Å². The molecule has 0 N–H and O–H groups in total. The Balaban J connectivity index is 3.23. The van der Waals surface area contributed by atoms with E-state index in [-0.39, 0.29) is 17.1 Å². The van der Waals surface area contributed by atoms with Crippen LogP contribution >= 0.6 is 27.5 Å². The van der Waals surface area contributed by atoms with Gasteiger partial charge in [0.2, 0.25) is 0 Å². The summed E-state index contributed by atoms with van der Waals surface area (Å²) in [5.74, 6) is -0.0266. The van der Waals surface area contributed by atoms with Gasteiger partial charge in [-0.15, -0.1) is 11.6 Å². The normalized spacial score (nSPS) is 11.5. The third kappa shape index (κ3) is 3.05. The highest BCUT2D eigenvalue weighted by Crippen LogP contribution is 2.27. The van der Waals surface area contributed by atoms with Crippen molar-refractivity contribution >= 4 is 33.3 Å². The van der Waals surface area contributed by atoms with Gasteiger partial charge in [0, 0.05) is 10.0 Å². The second kappa shape index (κ2) is 4.67. The number of Topliss-reactive ketones (excluding diaryl/α,β-unsaturated/α-hetero) is 1. The molecular formula is C12H14BrClO. The van der Waals surface area contributed by atoms with Gasteiger partial charge in [-0.05, 0) is 23.1 Å². The molecule has 1 nitrogen and oxygen atoms in total. The topological polar surface area (TPSA) is 17.1 Å². The molecule has 82 valence electrons. The average Bonchev–Trinajstić information content (AvgIpc) is 2.15. The number of rotatable bonds is 2. The number of benzene rings is 1. The van der Waals surface area contributed by atoms with Crippen molar-refractivity contribution in [3.8, 4) is 0 Å².